The number of fused-ring (bicyclic) bond motifs is 2. The lowest BCUT2D eigenvalue weighted by Gasteiger charge is -2.34. The van der Waals surface area contributed by atoms with Crippen molar-refractivity contribution in [3.05, 3.63) is 90.3 Å². The Balaban J connectivity index is 1.31. The predicted molar refractivity (Wildman–Crippen MR) is 170 cm³/mol. The van der Waals surface area contributed by atoms with Crippen molar-refractivity contribution in [2.75, 3.05) is 23.0 Å². The summed E-state index contributed by atoms with van der Waals surface area (Å²) in [4.78, 5) is 31.8. The summed E-state index contributed by atoms with van der Waals surface area (Å²) in [6.45, 7) is 10.1. The zero-order valence-electron chi connectivity index (χ0n) is 25.7. The molecule has 2 amide bonds. The first-order valence-electron chi connectivity index (χ1n) is 15.4. The highest BCUT2D eigenvalue weighted by molar-refractivity contribution is 6.28. The van der Waals surface area contributed by atoms with Crippen LogP contribution in [-0.4, -0.2) is 61.9 Å². The number of hydrogen-bond donors (Lipinski definition) is 2. The van der Waals surface area contributed by atoms with Crippen LogP contribution < -0.4 is 9.80 Å². The minimum absolute atomic E-state index is 0.0137. The molecule has 0 saturated carbocycles. The number of hydrogen-bond acceptors (Lipinski definition) is 7. The van der Waals surface area contributed by atoms with E-state index in [1.54, 1.807) is 40.6 Å². The van der Waals surface area contributed by atoms with Gasteiger partial charge in [0.25, 0.3) is 11.8 Å². The van der Waals surface area contributed by atoms with Crippen LogP contribution in [0.15, 0.2) is 73.4 Å². The van der Waals surface area contributed by atoms with Gasteiger partial charge in [0.2, 0.25) is 0 Å². The molecule has 3 aromatic carbocycles. The van der Waals surface area contributed by atoms with Crippen LogP contribution >= 0.6 is 0 Å². The minimum atomic E-state index is -1.38. The molecule has 45 heavy (non-hydrogen) atoms. The summed E-state index contributed by atoms with van der Waals surface area (Å²) in [6.07, 6.45) is 3.89. The molecule has 1 saturated heterocycles. The summed E-state index contributed by atoms with van der Waals surface area (Å²) in [5, 5.41) is 31.0. The maximum Gasteiger partial charge on any atom is 0.264 e. The number of carbonyl (C=O) groups is 2. The number of amides is 2. The first kappa shape index (κ1) is 29.3. The molecule has 0 aliphatic carbocycles. The number of rotatable bonds is 9. The van der Waals surface area contributed by atoms with Crippen molar-refractivity contribution in [1.29, 1.82) is 0 Å². The Bertz CT molecular complexity index is 1840. The number of carbonyl (C=O) groups excluding carboxylic acids is 2. The standard InChI is InChI=1S/C35H37N5O5/c1-5-16-39-27-13-12-24(40-28-11-7-9-22-8-6-10-25(30(22)28)32(40)42)19-26(27)35(33(39)43)21(2)31(34(3,4)44)29(45-35)14-17-38-20-23(15-18-41)36-37-38/h5-13,19-21,29,31,41,44H,1,14-18H2,2-4H3/t21-,29+,31-,35+/m1/s1. The maximum absolute atomic E-state index is 14.5. The number of aromatic nitrogens is 3. The van der Waals surface area contributed by atoms with Gasteiger partial charge in [0.05, 0.1) is 34.3 Å². The molecule has 232 valence electrons. The van der Waals surface area contributed by atoms with Gasteiger partial charge >= 0.3 is 0 Å². The Morgan fingerprint density at radius 1 is 1.11 bits per heavy atom. The van der Waals surface area contributed by atoms with E-state index in [1.165, 1.54) is 0 Å². The van der Waals surface area contributed by atoms with Crippen molar-refractivity contribution in [1.82, 2.24) is 15.0 Å². The largest absolute Gasteiger partial charge is 0.396 e. The second kappa shape index (κ2) is 10.6. The number of aliphatic hydroxyl groups excluding tert-OH is 1. The van der Waals surface area contributed by atoms with Crippen LogP contribution in [0.5, 0.6) is 0 Å². The number of ether oxygens (including phenoxy) is 1. The van der Waals surface area contributed by atoms with Gasteiger partial charge < -0.3 is 19.8 Å². The van der Waals surface area contributed by atoms with Gasteiger partial charge in [-0.2, -0.15) is 0 Å². The number of aliphatic hydroxyl groups is 2. The van der Waals surface area contributed by atoms with Crippen LogP contribution in [0.1, 0.15) is 48.8 Å². The molecule has 4 heterocycles. The van der Waals surface area contributed by atoms with E-state index in [4.69, 9.17) is 4.74 Å². The number of anilines is 3. The first-order valence-corrected chi connectivity index (χ1v) is 15.4. The SMILES string of the molecule is C=CCN1C(=O)[C@@]2(O[C@@H](CCn3cc(CCO)nn3)[C@H](C(C)(C)O)[C@H]2C)c2cc(N3C(=O)c4cccc5cccc3c45)ccc21. The van der Waals surface area contributed by atoms with E-state index < -0.39 is 29.1 Å². The zero-order valence-corrected chi connectivity index (χ0v) is 25.7. The van der Waals surface area contributed by atoms with Crippen molar-refractivity contribution in [2.45, 2.75) is 57.5 Å². The molecule has 1 fully saturated rings. The third-order valence-electron chi connectivity index (χ3n) is 9.69. The van der Waals surface area contributed by atoms with E-state index in [1.807, 2.05) is 61.5 Å². The Morgan fingerprint density at radius 3 is 2.62 bits per heavy atom. The second-order valence-corrected chi connectivity index (χ2v) is 12.8. The fourth-order valence-electron chi connectivity index (χ4n) is 7.89. The van der Waals surface area contributed by atoms with Crippen LogP contribution in [-0.2, 0) is 28.1 Å². The Labute approximate surface area is 261 Å². The fraction of sp³-hybridized carbons (Fsp3) is 0.371. The molecule has 0 unspecified atom stereocenters. The normalized spacial score (nSPS) is 24.0. The quantitative estimate of drug-likeness (QED) is 0.269. The molecule has 10 nitrogen and oxygen atoms in total. The van der Waals surface area contributed by atoms with Gasteiger partial charge in [0.15, 0.2) is 5.60 Å². The molecule has 4 atom stereocenters. The van der Waals surface area contributed by atoms with Gasteiger partial charge in [-0.05, 0) is 56.0 Å². The fourth-order valence-corrected chi connectivity index (χ4v) is 7.89. The highest BCUT2D eigenvalue weighted by Gasteiger charge is 2.65. The highest BCUT2D eigenvalue weighted by Crippen LogP contribution is 2.58. The predicted octanol–water partition coefficient (Wildman–Crippen LogP) is 4.50. The lowest BCUT2D eigenvalue weighted by atomic mass is 9.70. The monoisotopic (exact) mass is 607 g/mol. The Hall–Kier alpha value is -4.38. The summed E-state index contributed by atoms with van der Waals surface area (Å²) in [5.41, 5.74) is 1.63. The summed E-state index contributed by atoms with van der Waals surface area (Å²) in [6, 6.07) is 17.3. The third-order valence-corrected chi connectivity index (χ3v) is 9.69. The van der Waals surface area contributed by atoms with Crippen LogP contribution in [0.3, 0.4) is 0 Å². The average Bonchev–Trinajstić information content (AvgIpc) is 3.72. The molecule has 0 bridgehead atoms. The highest BCUT2D eigenvalue weighted by atomic mass is 16.5. The van der Waals surface area contributed by atoms with E-state index in [0.717, 1.165) is 16.5 Å². The lowest BCUT2D eigenvalue weighted by molar-refractivity contribution is -0.146. The molecule has 3 aliphatic rings. The number of benzene rings is 3. The summed E-state index contributed by atoms with van der Waals surface area (Å²) in [5.74, 6) is -1.13. The lowest BCUT2D eigenvalue weighted by Crippen LogP contribution is -2.46. The average molecular weight is 608 g/mol. The van der Waals surface area contributed by atoms with Gasteiger partial charge in [-0.3, -0.25) is 19.2 Å². The second-order valence-electron chi connectivity index (χ2n) is 12.8. The van der Waals surface area contributed by atoms with Gasteiger partial charge in [0, 0.05) is 60.8 Å². The summed E-state index contributed by atoms with van der Waals surface area (Å²) in [7, 11) is 0. The van der Waals surface area contributed by atoms with Crippen LogP contribution in [0.2, 0.25) is 0 Å². The molecule has 0 radical (unpaired) electrons. The topological polar surface area (TPSA) is 121 Å². The van der Waals surface area contributed by atoms with Gasteiger partial charge in [-0.1, -0.05) is 42.5 Å². The third kappa shape index (κ3) is 4.34. The molecule has 2 N–H and O–H groups in total. The van der Waals surface area contributed by atoms with Crippen LogP contribution in [0.4, 0.5) is 17.1 Å². The molecule has 1 spiro atoms. The zero-order chi connectivity index (χ0) is 31.7. The summed E-state index contributed by atoms with van der Waals surface area (Å²) >= 11 is 0. The Morgan fingerprint density at radius 2 is 1.89 bits per heavy atom. The minimum Gasteiger partial charge on any atom is -0.396 e. The van der Waals surface area contributed by atoms with Crippen LogP contribution in [0, 0.1) is 11.8 Å². The number of aryl methyl sites for hydroxylation is 1. The van der Waals surface area contributed by atoms with E-state index in [-0.39, 0.29) is 18.4 Å². The van der Waals surface area contributed by atoms with E-state index in [2.05, 4.69) is 16.9 Å². The van der Waals surface area contributed by atoms with Crippen molar-refractivity contribution in [3.63, 3.8) is 0 Å². The van der Waals surface area contributed by atoms with Gasteiger partial charge in [-0.15, -0.1) is 11.7 Å². The first-order chi connectivity index (χ1) is 21.6. The van der Waals surface area contributed by atoms with Crippen molar-refractivity contribution in [2.24, 2.45) is 11.8 Å². The molecule has 7 rings (SSSR count). The molecule has 4 aromatic rings. The van der Waals surface area contributed by atoms with E-state index in [9.17, 15) is 19.8 Å². The maximum atomic E-state index is 14.5. The van der Waals surface area contributed by atoms with E-state index >= 15 is 0 Å². The van der Waals surface area contributed by atoms with Crippen molar-refractivity contribution >= 4 is 39.6 Å². The van der Waals surface area contributed by atoms with Crippen molar-refractivity contribution < 1.29 is 24.5 Å². The molecular weight excluding hydrogens is 570 g/mol. The molecule has 1 aromatic heterocycles. The van der Waals surface area contributed by atoms with Crippen molar-refractivity contribution in [3.8, 4) is 0 Å². The Kier molecular flexibility index (Phi) is 6.92. The molecule has 3 aliphatic heterocycles. The van der Waals surface area contributed by atoms with Crippen LogP contribution in [0.25, 0.3) is 10.8 Å². The number of nitrogens with zero attached hydrogens (tertiary/aromatic N) is 5. The van der Waals surface area contributed by atoms with Gasteiger partial charge in [-0.25, -0.2) is 0 Å². The molecular formula is C35H37N5O5. The van der Waals surface area contributed by atoms with E-state index in [0.29, 0.717) is 54.1 Å². The summed E-state index contributed by atoms with van der Waals surface area (Å²) < 4.78 is 8.63. The smallest absolute Gasteiger partial charge is 0.264 e. The molecule has 10 heteroatoms. The van der Waals surface area contributed by atoms with Gasteiger partial charge in [0.1, 0.15) is 0 Å².